The zero-order chi connectivity index (χ0) is 19.6. The van der Waals surface area contributed by atoms with E-state index in [1.807, 2.05) is 6.92 Å². The van der Waals surface area contributed by atoms with Gasteiger partial charge in [0, 0.05) is 22.8 Å². The number of halogens is 2. The monoisotopic (exact) mass is 518 g/mol. The van der Waals surface area contributed by atoms with Crippen LogP contribution in [0, 0.1) is 11.7 Å². The number of hydrogen-bond acceptors (Lipinski definition) is 3. The molecule has 4 N–H and O–H groups in total. The summed E-state index contributed by atoms with van der Waals surface area (Å²) in [7, 11) is 0. The maximum absolute atomic E-state index is 13.0. The second-order valence-corrected chi connectivity index (χ2v) is 7.48. The Balaban J connectivity index is 0.00000392. The van der Waals surface area contributed by atoms with Gasteiger partial charge in [0.1, 0.15) is 5.82 Å². The van der Waals surface area contributed by atoms with Gasteiger partial charge >= 0.3 is 0 Å². The SMILES string of the molecule is CCNC(=NCc1ccc(CC)s1)NCC(Cc1ccc(F)cc1)C(N)=O.I. The van der Waals surface area contributed by atoms with Crippen molar-refractivity contribution >= 4 is 47.2 Å². The first-order valence-electron chi connectivity index (χ1n) is 9.15. The third-order valence-electron chi connectivity index (χ3n) is 4.12. The molecule has 0 saturated heterocycles. The lowest BCUT2D eigenvalue weighted by Crippen LogP contribution is -2.43. The van der Waals surface area contributed by atoms with Crippen LogP contribution in [0.4, 0.5) is 4.39 Å². The number of primary amides is 1. The number of hydrogen-bond donors (Lipinski definition) is 3. The van der Waals surface area contributed by atoms with Crippen molar-refractivity contribution in [3.63, 3.8) is 0 Å². The molecule has 0 aliphatic carbocycles. The Kier molecular flexibility index (Phi) is 11.1. The summed E-state index contributed by atoms with van der Waals surface area (Å²) in [6, 6.07) is 10.3. The van der Waals surface area contributed by atoms with Gasteiger partial charge in [-0.15, -0.1) is 35.3 Å². The molecule has 154 valence electrons. The highest BCUT2D eigenvalue weighted by Gasteiger charge is 2.16. The summed E-state index contributed by atoms with van der Waals surface area (Å²) in [5.74, 6) is -0.454. The highest BCUT2D eigenvalue weighted by atomic mass is 127. The molecule has 2 rings (SSSR count). The molecule has 0 saturated carbocycles. The molecule has 1 heterocycles. The molecular formula is C20H28FIN4OS. The van der Waals surface area contributed by atoms with Crippen molar-refractivity contribution in [2.24, 2.45) is 16.6 Å². The minimum absolute atomic E-state index is 0. The van der Waals surface area contributed by atoms with Gasteiger partial charge in [-0.1, -0.05) is 19.1 Å². The van der Waals surface area contributed by atoms with Crippen LogP contribution < -0.4 is 16.4 Å². The fourth-order valence-electron chi connectivity index (χ4n) is 2.59. The number of amides is 1. The average Bonchev–Trinajstić information content (AvgIpc) is 3.12. The number of thiophene rings is 1. The topological polar surface area (TPSA) is 79.5 Å². The Labute approximate surface area is 187 Å². The van der Waals surface area contributed by atoms with E-state index in [4.69, 9.17) is 5.73 Å². The van der Waals surface area contributed by atoms with Crippen LogP contribution >= 0.6 is 35.3 Å². The van der Waals surface area contributed by atoms with Crippen LogP contribution in [0.25, 0.3) is 0 Å². The molecule has 1 amide bonds. The first-order valence-corrected chi connectivity index (χ1v) is 9.97. The van der Waals surface area contributed by atoms with Gasteiger partial charge in [-0.05, 0) is 49.6 Å². The van der Waals surface area contributed by atoms with Gasteiger partial charge in [-0.3, -0.25) is 4.79 Å². The molecule has 1 unspecified atom stereocenters. The van der Waals surface area contributed by atoms with Crippen molar-refractivity contribution in [2.75, 3.05) is 13.1 Å². The first kappa shape index (κ1) is 24.4. The second kappa shape index (κ2) is 12.7. The van der Waals surface area contributed by atoms with Crippen LogP contribution in [0.15, 0.2) is 41.4 Å². The van der Waals surface area contributed by atoms with Crippen molar-refractivity contribution in [1.82, 2.24) is 10.6 Å². The number of aryl methyl sites for hydroxylation is 1. The molecule has 8 heteroatoms. The van der Waals surface area contributed by atoms with Gasteiger partial charge < -0.3 is 16.4 Å². The van der Waals surface area contributed by atoms with Gasteiger partial charge in [0.2, 0.25) is 5.91 Å². The number of rotatable bonds is 9. The summed E-state index contributed by atoms with van der Waals surface area (Å²) >= 11 is 1.76. The molecule has 1 aromatic carbocycles. The lowest BCUT2D eigenvalue weighted by atomic mass is 9.98. The van der Waals surface area contributed by atoms with Gasteiger partial charge in [0.25, 0.3) is 0 Å². The van der Waals surface area contributed by atoms with Crippen molar-refractivity contribution in [2.45, 2.75) is 33.2 Å². The van der Waals surface area contributed by atoms with Crippen molar-refractivity contribution < 1.29 is 9.18 Å². The zero-order valence-electron chi connectivity index (χ0n) is 16.2. The Morgan fingerprint density at radius 1 is 1.14 bits per heavy atom. The fourth-order valence-corrected chi connectivity index (χ4v) is 3.48. The van der Waals surface area contributed by atoms with Gasteiger partial charge in [0.05, 0.1) is 12.5 Å². The number of guanidine groups is 1. The number of nitrogens with two attached hydrogens (primary N) is 1. The molecule has 5 nitrogen and oxygen atoms in total. The largest absolute Gasteiger partial charge is 0.369 e. The molecule has 0 radical (unpaired) electrons. The number of benzene rings is 1. The van der Waals surface area contributed by atoms with Crippen LogP contribution in [-0.4, -0.2) is 25.0 Å². The Hall–Kier alpha value is -1.68. The summed E-state index contributed by atoms with van der Waals surface area (Å²) in [5, 5.41) is 6.37. The fraction of sp³-hybridized carbons (Fsp3) is 0.400. The Morgan fingerprint density at radius 3 is 2.39 bits per heavy atom. The zero-order valence-corrected chi connectivity index (χ0v) is 19.4. The normalized spacial score (nSPS) is 12.2. The maximum Gasteiger partial charge on any atom is 0.222 e. The number of nitrogens with one attached hydrogen (secondary N) is 2. The molecule has 0 aliphatic rings. The lowest BCUT2D eigenvalue weighted by Gasteiger charge is -2.17. The predicted molar refractivity (Wildman–Crippen MR) is 125 cm³/mol. The van der Waals surface area contributed by atoms with Gasteiger partial charge in [-0.25, -0.2) is 9.38 Å². The molecule has 2 aromatic rings. The van der Waals surface area contributed by atoms with E-state index in [-0.39, 0.29) is 29.8 Å². The van der Waals surface area contributed by atoms with Gasteiger partial charge in [-0.2, -0.15) is 0 Å². The molecule has 0 aliphatic heterocycles. The molecule has 1 aromatic heterocycles. The van der Waals surface area contributed by atoms with Crippen LogP contribution in [0.5, 0.6) is 0 Å². The van der Waals surface area contributed by atoms with E-state index in [2.05, 4.69) is 34.7 Å². The van der Waals surface area contributed by atoms with E-state index in [1.165, 1.54) is 21.9 Å². The third kappa shape index (κ3) is 8.14. The summed E-state index contributed by atoms with van der Waals surface area (Å²) < 4.78 is 13.0. The van der Waals surface area contributed by atoms with E-state index in [0.29, 0.717) is 25.5 Å². The maximum atomic E-state index is 13.0. The molecular weight excluding hydrogens is 490 g/mol. The lowest BCUT2D eigenvalue weighted by molar-refractivity contribution is -0.121. The van der Waals surface area contributed by atoms with Gasteiger partial charge in [0.15, 0.2) is 5.96 Å². The molecule has 0 fully saturated rings. The van der Waals surface area contributed by atoms with Crippen molar-refractivity contribution in [3.05, 3.63) is 57.5 Å². The molecule has 0 spiro atoms. The highest BCUT2D eigenvalue weighted by molar-refractivity contribution is 14.0. The summed E-state index contributed by atoms with van der Waals surface area (Å²) in [5.41, 5.74) is 6.42. The average molecular weight is 518 g/mol. The summed E-state index contributed by atoms with van der Waals surface area (Å²) in [6.45, 7) is 5.79. The van der Waals surface area contributed by atoms with Crippen LogP contribution in [0.1, 0.15) is 29.2 Å². The Morgan fingerprint density at radius 2 is 1.82 bits per heavy atom. The van der Waals surface area contributed by atoms with E-state index in [1.54, 1.807) is 23.5 Å². The standard InChI is InChI=1S/C20H27FN4OS.HI/c1-3-17-9-10-18(27-17)13-25-20(23-4-2)24-12-15(19(22)26)11-14-5-7-16(21)8-6-14;/h5-10,15H,3-4,11-13H2,1-2H3,(H2,22,26)(H2,23,24,25);1H. The Bertz CT molecular complexity index is 764. The quantitative estimate of drug-likeness (QED) is 0.270. The summed E-state index contributed by atoms with van der Waals surface area (Å²) in [4.78, 5) is 18.9. The third-order valence-corrected chi connectivity index (χ3v) is 5.33. The van der Waals surface area contributed by atoms with E-state index in [0.717, 1.165) is 18.5 Å². The van der Waals surface area contributed by atoms with Crippen LogP contribution in [0.2, 0.25) is 0 Å². The number of nitrogens with zero attached hydrogens (tertiary/aromatic N) is 1. The summed E-state index contributed by atoms with van der Waals surface area (Å²) in [6.07, 6.45) is 1.48. The van der Waals surface area contributed by atoms with Crippen LogP contribution in [-0.2, 0) is 24.2 Å². The number of carbonyl (C=O) groups excluding carboxylic acids is 1. The van der Waals surface area contributed by atoms with Crippen LogP contribution in [0.3, 0.4) is 0 Å². The first-order chi connectivity index (χ1) is 13.0. The number of aliphatic imine (C=N–C) groups is 1. The molecule has 0 bridgehead atoms. The predicted octanol–water partition coefficient (Wildman–Crippen LogP) is 3.47. The molecule has 28 heavy (non-hydrogen) atoms. The highest BCUT2D eigenvalue weighted by Crippen LogP contribution is 2.17. The van der Waals surface area contributed by atoms with E-state index in [9.17, 15) is 9.18 Å². The minimum atomic E-state index is -0.409. The second-order valence-electron chi connectivity index (χ2n) is 6.23. The smallest absolute Gasteiger partial charge is 0.222 e. The minimum Gasteiger partial charge on any atom is -0.369 e. The van der Waals surface area contributed by atoms with Crippen molar-refractivity contribution in [1.29, 1.82) is 0 Å². The van der Waals surface area contributed by atoms with E-state index < -0.39 is 11.8 Å². The van der Waals surface area contributed by atoms with E-state index >= 15 is 0 Å². The number of carbonyl (C=O) groups is 1. The van der Waals surface area contributed by atoms with Crippen molar-refractivity contribution in [3.8, 4) is 0 Å². The molecule has 1 atom stereocenters.